The number of carboxylic acid groups (broad SMARTS) is 1. The molecule has 1 rings (SSSR count). The summed E-state index contributed by atoms with van der Waals surface area (Å²) < 4.78 is 0. The first-order valence-corrected chi connectivity index (χ1v) is 7.30. The molecule has 0 saturated carbocycles. The lowest BCUT2D eigenvalue weighted by molar-refractivity contribution is -0.137. The van der Waals surface area contributed by atoms with Crippen LogP contribution in [0.25, 0.3) is 0 Å². The summed E-state index contributed by atoms with van der Waals surface area (Å²) in [6.45, 7) is 4.62. The van der Waals surface area contributed by atoms with Crippen LogP contribution in [0.2, 0.25) is 0 Å². The molecule has 1 aromatic carbocycles. The van der Waals surface area contributed by atoms with Gasteiger partial charge in [0.05, 0.1) is 6.54 Å². The average Bonchev–Trinajstić information content (AvgIpc) is 2.45. The normalized spacial score (nSPS) is 10.4. The summed E-state index contributed by atoms with van der Waals surface area (Å²) in [4.78, 5) is 21.7. The molecule has 0 spiro atoms. The van der Waals surface area contributed by atoms with Gasteiger partial charge in [0, 0.05) is 6.54 Å². The highest BCUT2D eigenvalue weighted by molar-refractivity contribution is 5.82. The zero-order valence-electron chi connectivity index (χ0n) is 12.7. The Labute approximate surface area is 125 Å². The smallest absolute Gasteiger partial charge is 0.322 e. The molecule has 0 aliphatic carbocycles. The summed E-state index contributed by atoms with van der Waals surface area (Å²) in [7, 11) is 0. The predicted molar refractivity (Wildman–Crippen MR) is 82.1 cm³/mol. The van der Waals surface area contributed by atoms with Crippen molar-refractivity contribution in [2.75, 3.05) is 13.1 Å². The van der Waals surface area contributed by atoms with E-state index in [-0.39, 0.29) is 19.0 Å². The van der Waals surface area contributed by atoms with Crippen LogP contribution in [0.15, 0.2) is 18.2 Å². The van der Waals surface area contributed by atoms with E-state index in [9.17, 15) is 9.59 Å². The summed E-state index contributed by atoms with van der Waals surface area (Å²) in [5, 5.41) is 13.8. The molecule has 5 nitrogen and oxygen atoms in total. The number of aryl methyl sites for hydroxylation is 2. The molecule has 0 heterocycles. The topological polar surface area (TPSA) is 78.4 Å². The molecule has 0 aliphatic rings. The Morgan fingerprint density at radius 1 is 1.24 bits per heavy atom. The molecule has 0 saturated heterocycles. The third-order valence-electron chi connectivity index (χ3n) is 3.26. The highest BCUT2D eigenvalue weighted by Gasteiger charge is 2.04. The number of carboxylic acids is 1. The van der Waals surface area contributed by atoms with Gasteiger partial charge >= 0.3 is 5.97 Å². The van der Waals surface area contributed by atoms with Crippen molar-refractivity contribution in [3.05, 3.63) is 34.9 Å². The first-order valence-electron chi connectivity index (χ1n) is 7.30. The van der Waals surface area contributed by atoms with E-state index >= 15 is 0 Å². The van der Waals surface area contributed by atoms with Gasteiger partial charge < -0.3 is 15.7 Å². The van der Waals surface area contributed by atoms with Crippen LogP contribution < -0.4 is 10.6 Å². The second-order valence-electron chi connectivity index (χ2n) is 5.14. The summed E-state index contributed by atoms with van der Waals surface area (Å²) in [6, 6.07) is 6.41. The van der Waals surface area contributed by atoms with Gasteiger partial charge in [0.2, 0.25) is 5.91 Å². The molecule has 0 aliphatic heterocycles. The summed E-state index contributed by atoms with van der Waals surface area (Å²) in [6.07, 6.45) is 3.48. The quantitative estimate of drug-likeness (QED) is 0.646. The fraction of sp³-hybridized carbons (Fsp3) is 0.500. The molecule has 1 amide bonds. The fourth-order valence-electron chi connectivity index (χ4n) is 2.04. The minimum atomic E-state index is -1.04. The zero-order chi connectivity index (χ0) is 15.7. The van der Waals surface area contributed by atoms with Gasteiger partial charge in [0.25, 0.3) is 0 Å². The second-order valence-corrected chi connectivity index (χ2v) is 5.14. The number of carbonyl (C=O) groups is 2. The van der Waals surface area contributed by atoms with Crippen LogP contribution >= 0.6 is 0 Å². The summed E-state index contributed by atoms with van der Waals surface area (Å²) >= 11 is 0. The maximum absolute atomic E-state index is 11.4. The number of rotatable bonds is 9. The number of aliphatic carboxylic acids is 1. The largest absolute Gasteiger partial charge is 0.480 e. The first-order chi connectivity index (χ1) is 10.0. The predicted octanol–water partition coefficient (Wildman–Crippen LogP) is 1.63. The second kappa shape index (κ2) is 9.13. The molecule has 0 fully saturated rings. The monoisotopic (exact) mass is 292 g/mol. The van der Waals surface area contributed by atoms with Crippen molar-refractivity contribution < 1.29 is 14.7 Å². The molecule has 0 atom stereocenters. The number of amides is 1. The van der Waals surface area contributed by atoms with E-state index in [2.05, 4.69) is 42.7 Å². The zero-order valence-corrected chi connectivity index (χ0v) is 12.7. The van der Waals surface area contributed by atoms with E-state index in [1.165, 1.54) is 24.0 Å². The molecule has 0 radical (unpaired) electrons. The molecule has 3 N–H and O–H groups in total. The standard InChI is InChI=1S/C16H24N2O3/c1-3-4-5-13-6-7-14(12(2)8-13)9-17-10-15(19)18-11-16(20)21/h6-8,17H,3-5,9-11H2,1-2H3,(H,18,19)(H,20,21). The van der Waals surface area contributed by atoms with Gasteiger partial charge in [-0.05, 0) is 36.5 Å². The molecule has 5 heteroatoms. The van der Waals surface area contributed by atoms with E-state index in [4.69, 9.17) is 5.11 Å². The molecule has 21 heavy (non-hydrogen) atoms. The molecular formula is C16H24N2O3. The SMILES string of the molecule is CCCCc1ccc(CNCC(=O)NCC(=O)O)c(C)c1. The number of hydrogen-bond acceptors (Lipinski definition) is 3. The van der Waals surface area contributed by atoms with Crippen molar-refractivity contribution in [3.63, 3.8) is 0 Å². The molecule has 0 bridgehead atoms. The minimum absolute atomic E-state index is 0.115. The molecule has 0 unspecified atom stereocenters. The van der Waals surface area contributed by atoms with Crippen LogP contribution in [0.4, 0.5) is 0 Å². The Balaban J connectivity index is 2.38. The summed E-state index contributed by atoms with van der Waals surface area (Å²) in [5.74, 6) is -1.35. The Morgan fingerprint density at radius 2 is 2.00 bits per heavy atom. The minimum Gasteiger partial charge on any atom is -0.480 e. The van der Waals surface area contributed by atoms with E-state index in [0.717, 1.165) is 12.0 Å². The van der Waals surface area contributed by atoms with E-state index in [1.54, 1.807) is 0 Å². The van der Waals surface area contributed by atoms with E-state index < -0.39 is 5.97 Å². The van der Waals surface area contributed by atoms with E-state index in [0.29, 0.717) is 6.54 Å². The van der Waals surface area contributed by atoms with Gasteiger partial charge in [0.1, 0.15) is 6.54 Å². The van der Waals surface area contributed by atoms with Gasteiger partial charge in [-0.25, -0.2) is 0 Å². The molecule has 0 aromatic heterocycles. The third-order valence-corrected chi connectivity index (χ3v) is 3.26. The van der Waals surface area contributed by atoms with Crippen LogP contribution in [0, 0.1) is 6.92 Å². The van der Waals surface area contributed by atoms with Crippen LogP contribution in [-0.4, -0.2) is 30.1 Å². The number of benzene rings is 1. The Bertz CT molecular complexity index is 486. The molecule has 116 valence electrons. The van der Waals surface area contributed by atoms with Gasteiger partial charge in [-0.2, -0.15) is 0 Å². The average molecular weight is 292 g/mol. The maximum atomic E-state index is 11.4. The van der Waals surface area contributed by atoms with Gasteiger partial charge in [-0.3, -0.25) is 9.59 Å². The van der Waals surface area contributed by atoms with Crippen molar-refractivity contribution in [2.45, 2.75) is 39.7 Å². The Hall–Kier alpha value is -1.88. The van der Waals surface area contributed by atoms with E-state index in [1.807, 2.05) is 0 Å². The van der Waals surface area contributed by atoms with Crippen LogP contribution in [0.1, 0.15) is 36.5 Å². The lowest BCUT2D eigenvalue weighted by Crippen LogP contribution is -2.36. The highest BCUT2D eigenvalue weighted by atomic mass is 16.4. The van der Waals surface area contributed by atoms with Crippen LogP contribution in [0.3, 0.4) is 0 Å². The van der Waals surface area contributed by atoms with Gasteiger partial charge in [-0.15, -0.1) is 0 Å². The van der Waals surface area contributed by atoms with Crippen LogP contribution in [0.5, 0.6) is 0 Å². The van der Waals surface area contributed by atoms with Crippen LogP contribution in [-0.2, 0) is 22.6 Å². The molecule has 1 aromatic rings. The highest BCUT2D eigenvalue weighted by Crippen LogP contribution is 2.13. The van der Waals surface area contributed by atoms with Crippen molar-refractivity contribution in [1.29, 1.82) is 0 Å². The lowest BCUT2D eigenvalue weighted by atomic mass is 10.0. The number of hydrogen-bond donors (Lipinski definition) is 3. The fourth-order valence-corrected chi connectivity index (χ4v) is 2.04. The molecular weight excluding hydrogens is 268 g/mol. The Kier molecular flexibility index (Phi) is 7.46. The number of carbonyl (C=O) groups excluding carboxylic acids is 1. The number of unbranched alkanes of at least 4 members (excludes halogenated alkanes) is 1. The van der Waals surface area contributed by atoms with Gasteiger partial charge in [-0.1, -0.05) is 31.5 Å². The number of nitrogens with one attached hydrogen (secondary N) is 2. The van der Waals surface area contributed by atoms with Crippen molar-refractivity contribution in [3.8, 4) is 0 Å². The lowest BCUT2D eigenvalue weighted by Gasteiger charge is -2.10. The van der Waals surface area contributed by atoms with Crippen molar-refractivity contribution in [2.24, 2.45) is 0 Å². The Morgan fingerprint density at radius 3 is 2.62 bits per heavy atom. The van der Waals surface area contributed by atoms with Gasteiger partial charge in [0.15, 0.2) is 0 Å². The van der Waals surface area contributed by atoms with Crippen molar-refractivity contribution in [1.82, 2.24) is 10.6 Å². The summed E-state index contributed by atoms with van der Waals surface area (Å²) in [5.41, 5.74) is 3.71. The maximum Gasteiger partial charge on any atom is 0.322 e. The third kappa shape index (κ3) is 6.90. The first kappa shape index (κ1) is 17.2. The van der Waals surface area contributed by atoms with Crippen molar-refractivity contribution >= 4 is 11.9 Å².